The van der Waals surface area contributed by atoms with Crippen molar-refractivity contribution in [3.8, 4) is 0 Å². The highest BCUT2D eigenvalue weighted by molar-refractivity contribution is 7.89. The number of carboxylic acids is 1. The Morgan fingerprint density at radius 1 is 1.54 bits per heavy atom. The van der Waals surface area contributed by atoms with Crippen LogP contribution in [0.3, 0.4) is 0 Å². The van der Waals surface area contributed by atoms with Crippen molar-refractivity contribution in [1.82, 2.24) is 4.72 Å². The SMILES string of the molecule is CC[C@H](NS(=O)(=O)C(F)F)C(=O)O. The number of rotatable bonds is 5. The highest BCUT2D eigenvalue weighted by atomic mass is 32.2. The molecule has 0 saturated carbocycles. The van der Waals surface area contributed by atoms with E-state index in [-0.39, 0.29) is 6.42 Å². The second kappa shape index (κ2) is 4.47. The predicted molar refractivity (Wildman–Crippen MR) is 39.8 cm³/mol. The zero-order valence-corrected chi connectivity index (χ0v) is 7.51. The molecule has 0 unspecified atom stereocenters. The van der Waals surface area contributed by atoms with Gasteiger partial charge in [0.2, 0.25) is 0 Å². The third-order valence-electron chi connectivity index (χ3n) is 1.25. The Hall–Kier alpha value is -0.760. The van der Waals surface area contributed by atoms with Gasteiger partial charge in [0.05, 0.1) is 0 Å². The van der Waals surface area contributed by atoms with Gasteiger partial charge in [-0.15, -0.1) is 0 Å². The van der Waals surface area contributed by atoms with Gasteiger partial charge in [-0.2, -0.15) is 13.5 Å². The highest BCUT2D eigenvalue weighted by Gasteiger charge is 2.29. The molecule has 0 amide bonds. The van der Waals surface area contributed by atoms with Gasteiger partial charge >= 0.3 is 11.7 Å². The molecule has 0 spiro atoms. The summed E-state index contributed by atoms with van der Waals surface area (Å²) in [5.41, 5.74) is 0. The van der Waals surface area contributed by atoms with Gasteiger partial charge in [-0.3, -0.25) is 4.79 Å². The second-order valence-electron chi connectivity index (χ2n) is 2.22. The molecule has 0 saturated heterocycles. The van der Waals surface area contributed by atoms with Gasteiger partial charge in [0.1, 0.15) is 6.04 Å². The van der Waals surface area contributed by atoms with E-state index in [1.165, 1.54) is 11.6 Å². The van der Waals surface area contributed by atoms with E-state index in [0.717, 1.165) is 0 Å². The summed E-state index contributed by atoms with van der Waals surface area (Å²) >= 11 is 0. The van der Waals surface area contributed by atoms with Crippen LogP contribution in [0.4, 0.5) is 8.78 Å². The first kappa shape index (κ1) is 12.2. The normalized spacial score (nSPS) is 14.5. The molecule has 5 nitrogen and oxygen atoms in total. The summed E-state index contributed by atoms with van der Waals surface area (Å²) in [6.45, 7) is 1.37. The smallest absolute Gasteiger partial charge is 0.350 e. The molecular formula is C5H9F2NO4S. The first-order chi connectivity index (χ1) is 5.81. The molecule has 2 N–H and O–H groups in total. The Morgan fingerprint density at radius 3 is 2.23 bits per heavy atom. The molecule has 78 valence electrons. The first-order valence-electron chi connectivity index (χ1n) is 3.33. The topological polar surface area (TPSA) is 83.5 Å². The maximum Gasteiger partial charge on any atom is 0.350 e. The molecule has 0 heterocycles. The number of carboxylic acid groups (broad SMARTS) is 1. The van der Waals surface area contributed by atoms with Gasteiger partial charge in [-0.25, -0.2) is 8.42 Å². The maximum atomic E-state index is 11.7. The van der Waals surface area contributed by atoms with Gasteiger partial charge < -0.3 is 5.11 Å². The third kappa shape index (κ3) is 3.64. The number of alkyl halides is 2. The number of carbonyl (C=O) groups is 1. The fraction of sp³-hybridized carbons (Fsp3) is 0.800. The van der Waals surface area contributed by atoms with E-state index in [9.17, 15) is 22.0 Å². The Morgan fingerprint density at radius 2 is 2.00 bits per heavy atom. The summed E-state index contributed by atoms with van der Waals surface area (Å²) in [6.07, 6.45) is -0.0959. The maximum absolute atomic E-state index is 11.7. The van der Waals surface area contributed by atoms with Crippen LogP contribution in [-0.4, -0.2) is 31.3 Å². The highest BCUT2D eigenvalue weighted by Crippen LogP contribution is 2.04. The lowest BCUT2D eigenvalue weighted by molar-refractivity contribution is -0.139. The van der Waals surface area contributed by atoms with Gasteiger partial charge in [0, 0.05) is 0 Å². The minimum atomic E-state index is -4.82. The average Bonchev–Trinajstić information content (AvgIpc) is 1.99. The van der Waals surface area contributed by atoms with E-state index < -0.39 is 27.8 Å². The minimum absolute atomic E-state index is 0.0959. The summed E-state index contributed by atoms with van der Waals surface area (Å²) < 4.78 is 45.8. The predicted octanol–water partition coefficient (Wildman–Crippen LogP) is -0.00840. The summed E-state index contributed by atoms with van der Waals surface area (Å²) in [7, 11) is -4.82. The molecule has 0 rings (SSSR count). The van der Waals surface area contributed by atoms with E-state index >= 15 is 0 Å². The fourth-order valence-corrected chi connectivity index (χ4v) is 1.33. The Bertz CT molecular complexity index is 276. The van der Waals surface area contributed by atoms with E-state index in [1.807, 2.05) is 0 Å². The molecular weight excluding hydrogens is 208 g/mol. The van der Waals surface area contributed by atoms with Crippen LogP contribution in [-0.2, 0) is 14.8 Å². The van der Waals surface area contributed by atoms with E-state index in [1.54, 1.807) is 0 Å². The molecule has 0 aromatic heterocycles. The van der Waals surface area contributed by atoms with Crippen molar-refractivity contribution in [2.24, 2.45) is 0 Å². The number of sulfonamides is 1. The lowest BCUT2D eigenvalue weighted by atomic mass is 10.2. The number of hydrogen-bond acceptors (Lipinski definition) is 3. The van der Waals surface area contributed by atoms with Crippen molar-refractivity contribution >= 4 is 16.0 Å². The Balaban J connectivity index is 4.50. The van der Waals surface area contributed by atoms with E-state index in [0.29, 0.717) is 0 Å². The zero-order chi connectivity index (χ0) is 10.6. The van der Waals surface area contributed by atoms with Gasteiger partial charge in [0.25, 0.3) is 10.0 Å². The van der Waals surface area contributed by atoms with E-state index in [2.05, 4.69) is 0 Å². The Kier molecular flexibility index (Phi) is 4.21. The van der Waals surface area contributed by atoms with Crippen LogP contribution in [0.5, 0.6) is 0 Å². The quantitative estimate of drug-likeness (QED) is 0.678. The summed E-state index contributed by atoms with van der Waals surface area (Å²) in [5, 5.41) is 8.35. The molecule has 0 aromatic rings. The van der Waals surface area contributed by atoms with Crippen LogP contribution in [0.2, 0.25) is 0 Å². The number of aliphatic carboxylic acids is 1. The fourth-order valence-electron chi connectivity index (χ4n) is 0.558. The molecule has 0 aromatic carbocycles. The summed E-state index contributed by atoms with van der Waals surface area (Å²) in [6, 6.07) is -1.50. The molecule has 0 fully saturated rings. The van der Waals surface area contributed by atoms with E-state index in [4.69, 9.17) is 5.11 Å². The van der Waals surface area contributed by atoms with Gasteiger partial charge in [-0.05, 0) is 6.42 Å². The van der Waals surface area contributed by atoms with Crippen molar-refractivity contribution < 1.29 is 27.1 Å². The van der Waals surface area contributed by atoms with Crippen LogP contribution in [0.25, 0.3) is 0 Å². The molecule has 0 bridgehead atoms. The standard InChI is InChI=1S/C5H9F2NO4S/c1-2-3(4(9)10)8-13(11,12)5(6)7/h3,5,8H,2H2,1H3,(H,9,10)/t3-/m0/s1. The number of nitrogens with one attached hydrogen (secondary N) is 1. The van der Waals surface area contributed by atoms with Gasteiger partial charge in [0.15, 0.2) is 0 Å². The number of hydrogen-bond donors (Lipinski definition) is 2. The molecule has 13 heavy (non-hydrogen) atoms. The average molecular weight is 217 g/mol. The minimum Gasteiger partial charge on any atom is -0.480 e. The van der Waals surface area contributed by atoms with Crippen molar-refractivity contribution in [3.63, 3.8) is 0 Å². The van der Waals surface area contributed by atoms with Crippen LogP contribution in [0.1, 0.15) is 13.3 Å². The monoisotopic (exact) mass is 217 g/mol. The Labute approximate surface area is 73.8 Å². The van der Waals surface area contributed by atoms with Crippen LogP contribution < -0.4 is 4.72 Å². The van der Waals surface area contributed by atoms with Crippen molar-refractivity contribution in [3.05, 3.63) is 0 Å². The molecule has 0 radical (unpaired) electrons. The first-order valence-corrected chi connectivity index (χ1v) is 4.88. The molecule has 0 aliphatic heterocycles. The second-order valence-corrected chi connectivity index (χ2v) is 3.90. The van der Waals surface area contributed by atoms with Crippen molar-refractivity contribution in [2.45, 2.75) is 25.1 Å². The zero-order valence-electron chi connectivity index (χ0n) is 6.70. The molecule has 8 heteroatoms. The van der Waals surface area contributed by atoms with Crippen LogP contribution >= 0.6 is 0 Å². The van der Waals surface area contributed by atoms with Crippen LogP contribution in [0.15, 0.2) is 0 Å². The summed E-state index contributed by atoms with van der Waals surface area (Å²) in [5.74, 6) is -5.09. The summed E-state index contributed by atoms with van der Waals surface area (Å²) in [4.78, 5) is 10.3. The van der Waals surface area contributed by atoms with Crippen molar-refractivity contribution in [1.29, 1.82) is 0 Å². The van der Waals surface area contributed by atoms with Crippen molar-refractivity contribution in [2.75, 3.05) is 0 Å². The van der Waals surface area contributed by atoms with Gasteiger partial charge in [-0.1, -0.05) is 6.92 Å². The molecule has 0 aliphatic carbocycles. The molecule has 0 aliphatic rings. The number of halogens is 2. The van der Waals surface area contributed by atoms with Crippen LogP contribution in [0, 0.1) is 0 Å². The molecule has 1 atom stereocenters. The largest absolute Gasteiger partial charge is 0.480 e. The third-order valence-corrected chi connectivity index (χ3v) is 2.33. The lowest BCUT2D eigenvalue weighted by Crippen LogP contribution is -2.42. The lowest BCUT2D eigenvalue weighted by Gasteiger charge is -2.11.